The number of pyridine rings is 1. The molecule has 0 bridgehead atoms. The summed E-state index contributed by atoms with van der Waals surface area (Å²) in [6.45, 7) is 0. The first-order valence-electron chi connectivity index (χ1n) is 3.98. The molecule has 0 fully saturated rings. The lowest BCUT2D eigenvalue weighted by molar-refractivity contribution is -0.275. The lowest BCUT2D eigenvalue weighted by atomic mass is 10.2. The van der Waals surface area contributed by atoms with Crippen LogP contribution in [0, 0.1) is 5.82 Å². The maximum absolute atomic E-state index is 13.4. The van der Waals surface area contributed by atoms with Gasteiger partial charge < -0.3 is 9.84 Å². The van der Waals surface area contributed by atoms with E-state index in [1.165, 1.54) is 0 Å². The van der Waals surface area contributed by atoms with Gasteiger partial charge in [-0.15, -0.1) is 24.8 Å². The van der Waals surface area contributed by atoms with Gasteiger partial charge in [0.15, 0.2) is 17.3 Å². The molecule has 0 atom stereocenters. The zero-order chi connectivity index (χ0) is 13.2. The fraction of sp³-hybridized carbons (Fsp3) is 0.250. The molecule has 94 valence electrons. The summed E-state index contributed by atoms with van der Waals surface area (Å²) in [5, 5.41) is 8.59. The second kappa shape index (κ2) is 4.74. The molecule has 0 aliphatic carbocycles. The van der Waals surface area contributed by atoms with Crippen LogP contribution < -0.4 is 4.74 Å². The molecule has 17 heavy (non-hydrogen) atoms. The number of carboxylic acid groups (broad SMARTS) is 1. The van der Waals surface area contributed by atoms with Gasteiger partial charge in [0.05, 0.1) is 12.1 Å². The molecular formula is C8H4ClF4NO3. The molecule has 1 rings (SSSR count). The van der Waals surface area contributed by atoms with Crippen LogP contribution in [0.3, 0.4) is 0 Å². The normalized spacial score (nSPS) is 11.4. The van der Waals surface area contributed by atoms with Crippen molar-refractivity contribution in [1.82, 2.24) is 4.98 Å². The third-order valence-electron chi connectivity index (χ3n) is 1.64. The summed E-state index contributed by atoms with van der Waals surface area (Å²) in [4.78, 5) is 13.7. The second-order valence-electron chi connectivity index (χ2n) is 2.75. The largest absolute Gasteiger partial charge is 0.573 e. The van der Waals surface area contributed by atoms with Gasteiger partial charge >= 0.3 is 12.3 Å². The van der Waals surface area contributed by atoms with Gasteiger partial charge in [-0.25, -0.2) is 14.2 Å². The van der Waals surface area contributed by atoms with Crippen LogP contribution in [0.4, 0.5) is 17.6 Å². The van der Waals surface area contributed by atoms with Crippen molar-refractivity contribution in [2.75, 3.05) is 0 Å². The van der Waals surface area contributed by atoms with Gasteiger partial charge in [-0.3, -0.25) is 0 Å². The number of alkyl halides is 4. The van der Waals surface area contributed by atoms with E-state index in [4.69, 9.17) is 16.7 Å². The van der Waals surface area contributed by atoms with E-state index in [1.54, 1.807) is 0 Å². The number of nitrogens with zero attached hydrogens (tertiary/aromatic N) is 1. The molecule has 0 unspecified atom stereocenters. The molecule has 0 spiro atoms. The molecule has 9 heteroatoms. The standard InChI is InChI=1S/C8H4ClF4NO3/c9-1-3-5(10)4(17-8(11,12)13)2-14-6(3)7(15)16/h2H,1H2,(H,15,16). The topological polar surface area (TPSA) is 59.4 Å². The molecule has 1 aromatic heterocycles. The monoisotopic (exact) mass is 273 g/mol. The molecule has 0 radical (unpaired) electrons. The predicted molar refractivity (Wildman–Crippen MR) is 47.4 cm³/mol. The van der Waals surface area contributed by atoms with Crippen molar-refractivity contribution in [2.24, 2.45) is 0 Å². The molecular weight excluding hydrogens is 270 g/mol. The van der Waals surface area contributed by atoms with Gasteiger partial charge in [-0.05, 0) is 0 Å². The number of aromatic carboxylic acids is 1. The lowest BCUT2D eigenvalue weighted by Gasteiger charge is -2.11. The van der Waals surface area contributed by atoms with E-state index in [0.29, 0.717) is 6.20 Å². The Kier molecular flexibility index (Phi) is 3.76. The van der Waals surface area contributed by atoms with Crippen LogP contribution in [0.5, 0.6) is 5.75 Å². The van der Waals surface area contributed by atoms with Crippen molar-refractivity contribution in [3.8, 4) is 5.75 Å². The van der Waals surface area contributed by atoms with Crippen LogP contribution in [-0.2, 0) is 5.88 Å². The summed E-state index contributed by atoms with van der Waals surface area (Å²) in [5.74, 6) is -4.96. The highest BCUT2D eigenvalue weighted by Crippen LogP contribution is 2.28. The van der Waals surface area contributed by atoms with Gasteiger partial charge in [-0.1, -0.05) is 0 Å². The summed E-state index contributed by atoms with van der Waals surface area (Å²) in [5.41, 5.74) is -1.42. The van der Waals surface area contributed by atoms with Crippen LogP contribution in [0.2, 0.25) is 0 Å². The number of rotatable bonds is 3. The summed E-state index contributed by atoms with van der Waals surface area (Å²) < 4.78 is 52.3. The number of aromatic nitrogens is 1. The molecule has 1 heterocycles. The third kappa shape index (κ3) is 3.19. The molecule has 0 amide bonds. The van der Waals surface area contributed by atoms with Crippen LogP contribution in [0.1, 0.15) is 16.1 Å². The first-order chi connectivity index (χ1) is 7.76. The fourth-order valence-corrected chi connectivity index (χ4v) is 1.26. The van der Waals surface area contributed by atoms with Gasteiger partial charge in [-0.2, -0.15) is 0 Å². The molecule has 0 saturated heterocycles. The van der Waals surface area contributed by atoms with E-state index in [1.807, 2.05) is 0 Å². The Balaban J connectivity index is 3.25. The minimum atomic E-state index is -5.10. The Morgan fingerprint density at radius 3 is 2.53 bits per heavy atom. The Morgan fingerprint density at radius 1 is 1.53 bits per heavy atom. The fourth-order valence-electron chi connectivity index (χ4n) is 1.01. The van der Waals surface area contributed by atoms with Crippen molar-refractivity contribution in [1.29, 1.82) is 0 Å². The summed E-state index contributed by atoms with van der Waals surface area (Å²) in [7, 11) is 0. The highest BCUT2D eigenvalue weighted by atomic mass is 35.5. The van der Waals surface area contributed by atoms with E-state index in [0.717, 1.165) is 0 Å². The highest BCUT2D eigenvalue weighted by Gasteiger charge is 2.33. The molecule has 1 aromatic rings. The third-order valence-corrected chi connectivity index (χ3v) is 1.91. The number of hydrogen-bond donors (Lipinski definition) is 1. The van der Waals surface area contributed by atoms with E-state index >= 15 is 0 Å². The van der Waals surface area contributed by atoms with E-state index < -0.39 is 41.0 Å². The van der Waals surface area contributed by atoms with Gasteiger partial charge in [0.25, 0.3) is 0 Å². The Hall–Kier alpha value is -1.57. The van der Waals surface area contributed by atoms with E-state index in [-0.39, 0.29) is 0 Å². The van der Waals surface area contributed by atoms with E-state index in [9.17, 15) is 22.4 Å². The SMILES string of the molecule is O=C(O)c1ncc(OC(F)(F)F)c(F)c1CCl. The number of hydrogen-bond acceptors (Lipinski definition) is 3. The zero-order valence-electron chi connectivity index (χ0n) is 7.89. The van der Waals surface area contributed by atoms with Crippen molar-refractivity contribution in [2.45, 2.75) is 12.2 Å². The Labute approximate surface area is 96.8 Å². The van der Waals surface area contributed by atoms with Crippen molar-refractivity contribution in [3.63, 3.8) is 0 Å². The summed E-state index contributed by atoms with van der Waals surface area (Å²) in [6.07, 6.45) is -4.76. The van der Waals surface area contributed by atoms with Gasteiger partial charge in [0, 0.05) is 5.56 Å². The lowest BCUT2D eigenvalue weighted by Crippen LogP contribution is -2.19. The van der Waals surface area contributed by atoms with Gasteiger partial charge in [0.1, 0.15) is 0 Å². The Morgan fingerprint density at radius 2 is 2.12 bits per heavy atom. The molecule has 0 aromatic carbocycles. The minimum absolute atomic E-state index is 0.336. The minimum Gasteiger partial charge on any atom is -0.477 e. The van der Waals surface area contributed by atoms with E-state index in [2.05, 4.69) is 9.72 Å². The Bertz CT molecular complexity index is 449. The molecule has 0 aliphatic heterocycles. The van der Waals surface area contributed by atoms with Crippen LogP contribution in [0.15, 0.2) is 6.20 Å². The maximum atomic E-state index is 13.4. The molecule has 0 saturated carbocycles. The number of halogens is 5. The number of ether oxygens (including phenoxy) is 1. The zero-order valence-corrected chi connectivity index (χ0v) is 8.64. The first kappa shape index (κ1) is 13.5. The number of carbonyl (C=O) groups is 1. The quantitative estimate of drug-likeness (QED) is 0.679. The molecule has 4 nitrogen and oxygen atoms in total. The average Bonchev–Trinajstić information content (AvgIpc) is 2.18. The smallest absolute Gasteiger partial charge is 0.477 e. The average molecular weight is 274 g/mol. The second-order valence-corrected chi connectivity index (χ2v) is 3.02. The summed E-state index contributed by atoms with van der Waals surface area (Å²) >= 11 is 5.24. The first-order valence-corrected chi connectivity index (χ1v) is 4.52. The summed E-state index contributed by atoms with van der Waals surface area (Å²) in [6, 6.07) is 0. The van der Waals surface area contributed by atoms with Crippen molar-refractivity contribution < 1.29 is 32.2 Å². The van der Waals surface area contributed by atoms with Crippen molar-refractivity contribution in [3.05, 3.63) is 23.3 Å². The van der Waals surface area contributed by atoms with Crippen molar-refractivity contribution >= 4 is 17.6 Å². The maximum Gasteiger partial charge on any atom is 0.573 e. The number of carboxylic acids is 1. The van der Waals surface area contributed by atoms with Crippen LogP contribution in [-0.4, -0.2) is 22.4 Å². The molecule has 1 N–H and O–H groups in total. The van der Waals surface area contributed by atoms with Gasteiger partial charge in [0.2, 0.25) is 0 Å². The van der Waals surface area contributed by atoms with Crippen LogP contribution in [0.25, 0.3) is 0 Å². The predicted octanol–water partition coefficient (Wildman–Crippen LogP) is 2.56. The highest BCUT2D eigenvalue weighted by molar-refractivity contribution is 6.17. The molecule has 0 aliphatic rings. The van der Waals surface area contributed by atoms with Crippen LogP contribution >= 0.6 is 11.6 Å².